The molecule has 1 aromatic carbocycles. The highest BCUT2D eigenvalue weighted by atomic mass is 16.5. The number of aryl methyl sites for hydroxylation is 2. The van der Waals surface area contributed by atoms with Gasteiger partial charge in [0.15, 0.2) is 6.61 Å². The van der Waals surface area contributed by atoms with E-state index in [0.29, 0.717) is 17.2 Å². The molecule has 0 spiro atoms. The summed E-state index contributed by atoms with van der Waals surface area (Å²) in [6.45, 7) is 5.49. The van der Waals surface area contributed by atoms with Crippen molar-refractivity contribution in [2.45, 2.75) is 20.8 Å². The second kappa shape index (κ2) is 6.74. The first-order valence-corrected chi connectivity index (χ1v) is 6.64. The molecule has 0 fully saturated rings. The van der Waals surface area contributed by atoms with Crippen molar-refractivity contribution in [2.75, 3.05) is 6.61 Å². The number of rotatable bonds is 5. The largest absolute Gasteiger partial charge is 0.484 e. The first-order chi connectivity index (χ1) is 10.0. The van der Waals surface area contributed by atoms with Crippen molar-refractivity contribution in [3.05, 3.63) is 53.5 Å². The molecule has 0 aliphatic carbocycles. The van der Waals surface area contributed by atoms with Crippen LogP contribution in [-0.4, -0.2) is 18.2 Å². The Labute approximate surface area is 123 Å². The number of ether oxygens (including phenoxy) is 1. The molecule has 5 heteroatoms. The van der Waals surface area contributed by atoms with Crippen LogP contribution >= 0.6 is 0 Å². The van der Waals surface area contributed by atoms with E-state index in [1.54, 1.807) is 13.0 Å². The molecule has 0 saturated heterocycles. The molecular formula is C16H18N2O3. The summed E-state index contributed by atoms with van der Waals surface area (Å²) in [5.41, 5.74) is 4.12. The van der Waals surface area contributed by atoms with Gasteiger partial charge in [0, 0.05) is 0 Å². The van der Waals surface area contributed by atoms with Gasteiger partial charge in [0.05, 0.1) is 0 Å². The molecule has 0 unspecified atom stereocenters. The molecule has 0 aliphatic heterocycles. The van der Waals surface area contributed by atoms with Gasteiger partial charge >= 0.3 is 0 Å². The van der Waals surface area contributed by atoms with E-state index in [0.717, 1.165) is 11.3 Å². The van der Waals surface area contributed by atoms with Gasteiger partial charge in [-0.15, -0.1) is 0 Å². The summed E-state index contributed by atoms with van der Waals surface area (Å²) in [6.07, 6.45) is 0. The van der Waals surface area contributed by atoms with Gasteiger partial charge in [0.2, 0.25) is 0 Å². The number of furan rings is 1. The standard InChI is InChI=1S/C16H18N2O3/c1-11-5-4-6-14(9-11)20-10-16(19)18-17-13(3)15-8-7-12(2)21-15/h4-9H,10H2,1-3H3,(H,18,19)/b17-13-. The third kappa shape index (κ3) is 4.49. The third-order valence-electron chi connectivity index (χ3n) is 2.80. The average Bonchev–Trinajstić information content (AvgIpc) is 2.89. The van der Waals surface area contributed by atoms with Crippen LogP contribution in [0.15, 0.2) is 45.9 Å². The number of carbonyl (C=O) groups is 1. The first-order valence-electron chi connectivity index (χ1n) is 6.64. The number of nitrogens with zero attached hydrogens (tertiary/aromatic N) is 1. The summed E-state index contributed by atoms with van der Waals surface area (Å²) >= 11 is 0. The molecule has 21 heavy (non-hydrogen) atoms. The minimum Gasteiger partial charge on any atom is -0.484 e. The molecule has 0 saturated carbocycles. The van der Waals surface area contributed by atoms with Crippen molar-refractivity contribution in [3.8, 4) is 5.75 Å². The van der Waals surface area contributed by atoms with Gasteiger partial charge in [-0.05, 0) is 50.6 Å². The number of hydrogen-bond acceptors (Lipinski definition) is 4. The minimum atomic E-state index is -0.320. The van der Waals surface area contributed by atoms with E-state index >= 15 is 0 Å². The van der Waals surface area contributed by atoms with Gasteiger partial charge < -0.3 is 9.15 Å². The molecule has 110 valence electrons. The van der Waals surface area contributed by atoms with E-state index in [-0.39, 0.29) is 12.5 Å². The fourth-order valence-corrected chi connectivity index (χ4v) is 1.72. The van der Waals surface area contributed by atoms with E-state index < -0.39 is 0 Å². The maximum absolute atomic E-state index is 11.7. The zero-order valence-electron chi connectivity index (χ0n) is 12.3. The second-order valence-corrected chi connectivity index (χ2v) is 4.75. The number of benzene rings is 1. The zero-order valence-corrected chi connectivity index (χ0v) is 12.3. The highest BCUT2D eigenvalue weighted by Crippen LogP contribution is 2.12. The van der Waals surface area contributed by atoms with Crippen LogP contribution in [0.5, 0.6) is 5.75 Å². The Bertz CT molecular complexity index is 659. The highest BCUT2D eigenvalue weighted by molar-refractivity contribution is 5.96. The lowest BCUT2D eigenvalue weighted by Crippen LogP contribution is -2.25. The number of hydrazone groups is 1. The van der Waals surface area contributed by atoms with Crippen LogP contribution in [0.3, 0.4) is 0 Å². The Morgan fingerprint density at radius 3 is 2.76 bits per heavy atom. The van der Waals surface area contributed by atoms with Crippen LogP contribution in [0.4, 0.5) is 0 Å². The molecule has 0 aliphatic rings. The fourth-order valence-electron chi connectivity index (χ4n) is 1.72. The van der Waals surface area contributed by atoms with Crippen LogP contribution in [0.25, 0.3) is 0 Å². The Morgan fingerprint density at radius 1 is 1.29 bits per heavy atom. The summed E-state index contributed by atoms with van der Waals surface area (Å²) in [6, 6.07) is 11.2. The molecule has 2 rings (SSSR count). The average molecular weight is 286 g/mol. The summed E-state index contributed by atoms with van der Waals surface area (Å²) in [7, 11) is 0. The number of hydrogen-bond donors (Lipinski definition) is 1. The van der Waals surface area contributed by atoms with Gasteiger partial charge in [-0.3, -0.25) is 4.79 Å². The van der Waals surface area contributed by atoms with Crippen LogP contribution in [-0.2, 0) is 4.79 Å². The second-order valence-electron chi connectivity index (χ2n) is 4.75. The molecule has 0 atom stereocenters. The normalized spacial score (nSPS) is 11.3. The fraction of sp³-hybridized carbons (Fsp3) is 0.250. The highest BCUT2D eigenvalue weighted by Gasteiger charge is 2.05. The van der Waals surface area contributed by atoms with Crippen molar-refractivity contribution in [2.24, 2.45) is 5.10 Å². The molecule has 1 amide bonds. The lowest BCUT2D eigenvalue weighted by Gasteiger charge is -2.05. The maximum atomic E-state index is 11.7. The molecule has 1 heterocycles. The number of nitrogens with one attached hydrogen (secondary N) is 1. The lowest BCUT2D eigenvalue weighted by molar-refractivity contribution is -0.123. The first kappa shape index (κ1) is 14.8. The van der Waals surface area contributed by atoms with Gasteiger partial charge in [-0.2, -0.15) is 5.10 Å². The van der Waals surface area contributed by atoms with E-state index in [2.05, 4.69) is 10.5 Å². The Kier molecular flexibility index (Phi) is 4.77. The SMILES string of the molecule is C/C(=N/NC(=O)COc1cccc(C)c1)c1ccc(C)o1. The van der Waals surface area contributed by atoms with Crippen LogP contribution in [0, 0.1) is 13.8 Å². The molecule has 5 nitrogen and oxygen atoms in total. The summed E-state index contributed by atoms with van der Waals surface area (Å²) in [4.78, 5) is 11.7. The Balaban J connectivity index is 1.84. The Hall–Kier alpha value is -2.56. The van der Waals surface area contributed by atoms with Gasteiger partial charge in [0.25, 0.3) is 5.91 Å². The van der Waals surface area contributed by atoms with Crippen molar-refractivity contribution < 1.29 is 13.9 Å². The van der Waals surface area contributed by atoms with Gasteiger partial charge in [-0.1, -0.05) is 12.1 Å². The van der Waals surface area contributed by atoms with Gasteiger partial charge in [0.1, 0.15) is 23.0 Å². The molecule has 1 aromatic heterocycles. The lowest BCUT2D eigenvalue weighted by atomic mass is 10.2. The van der Waals surface area contributed by atoms with E-state index in [1.807, 2.05) is 44.2 Å². The van der Waals surface area contributed by atoms with Crippen LogP contribution in [0.2, 0.25) is 0 Å². The summed E-state index contributed by atoms with van der Waals surface area (Å²) in [5.74, 6) is 1.77. The Morgan fingerprint density at radius 2 is 2.10 bits per heavy atom. The van der Waals surface area contributed by atoms with Crippen molar-refractivity contribution >= 4 is 11.6 Å². The minimum absolute atomic E-state index is 0.0859. The van der Waals surface area contributed by atoms with E-state index in [9.17, 15) is 4.79 Å². The topological polar surface area (TPSA) is 63.8 Å². The third-order valence-corrected chi connectivity index (χ3v) is 2.80. The quantitative estimate of drug-likeness (QED) is 0.679. The van der Waals surface area contributed by atoms with Gasteiger partial charge in [-0.25, -0.2) is 5.43 Å². The monoisotopic (exact) mass is 286 g/mol. The molecule has 0 bridgehead atoms. The predicted molar refractivity (Wildman–Crippen MR) is 80.5 cm³/mol. The van der Waals surface area contributed by atoms with Crippen molar-refractivity contribution in [3.63, 3.8) is 0 Å². The molecule has 0 radical (unpaired) electrons. The smallest absolute Gasteiger partial charge is 0.277 e. The molecule has 2 aromatic rings. The number of amides is 1. The predicted octanol–water partition coefficient (Wildman–Crippen LogP) is 2.82. The summed E-state index contributed by atoms with van der Waals surface area (Å²) < 4.78 is 10.8. The molecular weight excluding hydrogens is 268 g/mol. The van der Waals surface area contributed by atoms with Crippen LogP contribution < -0.4 is 10.2 Å². The zero-order chi connectivity index (χ0) is 15.2. The maximum Gasteiger partial charge on any atom is 0.277 e. The van der Waals surface area contributed by atoms with E-state index in [1.165, 1.54) is 0 Å². The van der Waals surface area contributed by atoms with Crippen molar-refractivity contribution in [1.82, 2.24) is 5.43 Å². The number of carbonyl (C=O) groups excluding carboxylic acids is 1. The van der Waals surface area contributed by atoms with Crippen molar-refractivity contribution in [1.29, 1.82) is 0 Å². The summed E-state index contributed by atoms with van der Waals surface area (Å²) in [5, 5.41) is 3.98. The molecule has 1 N–H and O–H groups in total. The van der Waals surface area contributed by atoms with Crippen LogP contribution in [0.1, 0.15) is 24.0 Å². The van der Waals surface area contributed by atoms with E-state index in [4.69, 9.17) is 9.15 Å².